The SMILES string of the molecule is COc1ccc(Cl)cc1NC(=O)CSc1nc(C)nc2sc3c(c12)CCCC3. The third-order valence-electron chi connectivity index (χ3n) is 4.67. The van der Waals surface area contributed by atoms with Gasteiger partial charge in [0.05, 0.1) is 18.6 Å². The molecule has 1 aliphatic carbocycles. The number of aryl methyl sites for hydroxylation is 3. The first-order valence-corrected chi connectivity index (χ1v) is 11.3. The third-order valence-corrected chi connectivity index (χ3v) is 7.07. The molecule has 4 rings (SSSR count). The number of carbonyl (C=O) groups excluding carboxylic acids is 1. The Morgan fingerprint density at radius 3 is 2.96 bits per heavy atom. The molecule has 0 radical (unpaired) electrons. The minimum Gasteiger partial charge on any atom is -0.495 e. The van der Waals surface area contributed by atoms with Gasteiger partial charge in [0.1, 0.15) is 21.4 Å². The third kappa shape index (κ3) is 3.97. The van der Waals surface area contributed by atoms with Gasteiger partial charge in [-0.25, -0.2) is 9.97 Å². The number of benzene rings is 1. The summed E-state index contributed by atoms with van der Waals surface area (Å²) >= 11 is 9.27. The molecule has 0 unspecified atom stereocenters. The first kappa shape index (κ1) is 19.5. The number of methoxy groups -OCH3 is 1. The Morgan fingerprint density at radius 2 is 2.14 bits per heavy atom. The number of amides is 1. The number of nitrogens with one attached hydrogen (secondary N) is 1. The van der Waals surface area contributed by atoms with Crippen molar-refractivity contribution in [3.8, 4) is 5.75 Å². The fourth-order valence-corrected chi connectivity index (χ4v) is 5.87. The topological polar surface area (TPSA) is 64.1 Å². The van der Waals surface area contributed by atoms with Crippen LogP contribution in [-0.4, -0.2) is 28.7 Å². The molecule has 2 aromatic heterocycles. The highest BCUT2D eigenvalue weighted by Gasteiger charge is 2.21. The van der Waals surface area contributed by atoms with Gasteiger partial charge in [-0.1, -0.05) is 23.4 Å². The number of hydrogen-bond donors (Lipinski definition) is 1. The van der Waals surface area contributed by atoms with Crippen molar-refractivity contribution in [2.75, 3.05) is 18.2 Å². The van der Waals surface area contributed by atoms with E-state index in [-0.39, 0.29) is 11.7 Å². The number of rotatable bonds is 5. The average Bonchev–Trinajstić information content (AvgIpc) is 3.04. The van der Waals surface area contributed by atoms with E-state index in [2.05, 4.69) is 15.3 Å². The fourth-order valence-electron chi connectivity index (χ4n) is 3.43. The van der Waals surface area contributed by atoms with Crippen molar-refractivity contribution in [2.24, 2.45) is 0 Å². The van der Waals surface area contributed by atoms with Crippen LogP contribution in [-0.2, 0) is 17.6 Å². The summed E-state index contributed by atoms with van der Waals surface area (Å²) < 4.78 is 5.29. The van der Waals surface area contributed by atoms with Crippen LogP contribution in [0.4, 0.5) is 5.69 Å². The Morgan fingerprint density at radius 1 is 1.32 bits per heavy atom. The molecule has 2 heterocycles. The molecule has 0 aliphatic heterocycles. The van der Waals surface area contributed by atoms with Crippen molar-refractivity contribution < 1.29 is 9.53 Å². The molecular weight excluding hydrogens is 414 g/mol. The molecule has 28 heavy (non-hydrogen) atoms. The van der Waals surface area contributed by atoms with Gasteiger partial charge in [-0.2, -0.15) is 0 Å². The van der Waals surface area contributed by atoms with E-state index in [1.807, 2.05) is 6.92 Å². The molecular formula is C20H20ClN3O2S2. The van der Waals surface area contributed by atoms with E-state index in [0.717, 1.165) is 33.9 Å². The second-order valence-corrected chi connectivity index (χ2v) is 9.13. The molecule has 1 aromatic carbocycles. The van der Waals surface area contributed by atoms with Crippen LogP contribution in [0.3, 0.4) is 0 Å². The van der Waals surface area contributed by atoms with Gasteiger partial charge in [-0.05, 0) is 56.4 Å². The van der Waals surface area contributed by atoms with E-state index < -0.39 is 0 Å². The highest BCUT2D eigenvalue weighted by atomic mass is 35.5. The summed E-state index contributed by atoms with van der Waals surface area (Å²) in [6, 6.07) is 5.15. The maximum atomic E-state index is 12.5. The zero-order valence-corrected chi connectivity index (χ0v) is 18.1. The number of carbonyl (C=O) groups is 1. The summed E-state index contributed by atoms with van der Waals surface area (Å²) in [6.07, 6.45) is 4.63. The van der Waals surface area contributed by atoms with Crippen LogP contribution in [0, 0.1) is 6.92 Å². The standard InChI is InChI=1S/C20H20ClN3O2S2/c1-11-22-19(18-13-5-3-4-6-16(13)28-20(18)23-11)27-10-17(25)24-14-9-12(21)7-8-15(14)26-2/h7-9H,3-6,10H2,1-2H3,(H,24,25). The summed E-state index contributed by atoms with van der Waals surface area (Å²) in [5.74, 6) is 1.45. The van der Waals surface area contributed by atoms with Crippen LogP contribution in [0.25, 0.3) is 10.2 Å². The van der Waals surface area contributed by atoms with Crippen molar-refractivity contribution in [1.82, 2.24) is 9.97 Å². The van der Waals surface area contributed by atoms with Gasteiger partial charge < -0.3 is 10.1 Å². The zero-order chi connectivity index (χ0) is 19.7. The van der Waals surface area contributed by atoms with Crippen molar-refractivity contribution in [1.29, 1.82) is 0 Å². The summed E-state index contributed by atoms with van der Waals surface area (Å²) in [4.78, 5) is 24.3. The van der Waals surface area contributed by atoms with Crippen LogP contribution < -0.4 is 10.1 Å². The zero-order valence-electron chi connectivity index (χ0n) is 15.7. The molecule has 0 atom stereocenters. The first-order valence-electron chi connectivity index (χ1n) is 9.10. The van der Waals surface area contributed by atoms with Crippen LogP contribution in [0.2, 0.25) is 5.02 Å². The lowest BCUT2D eigenvalue weighted by molar-refractivity contribution is -0.113. The van der Waals surface area contributed by atoms with Crippen molar-refractivity contribution in [3.63, 3.8) is 0 Å². The van der Waals surface area contributed by atoms with E-state index >= 15 is 0 Å². The van der Waals surface area contributed by atoms with Crippen LogP contribution in [0.5, 0.6) is 5.75 Å². The Kier molecular flexibility index (Phi) is 5.75. The molecule has 0 fully saturated rings. The molecule has 146 valence electrons. The smallest absolute Gasteiger partial charge is 0.234 e. The minimum atomic E-state index is -0.126. The monoisotopic (exact) mass is 433 g/mol. The summed E-state index contributed by atoms with van der Waals surface area (Å²) in [7, 11) is 1.56. The fraction of sp³-hybridized carbons (Fsp3) is 0.350. The molecule has 3 aromatic rings. The Hall–Kier alpha value is -1.83. The number of aromatic nitrogens is 2. The normalized spacial score (nSPS) is 13.4. The first-order chi connectivity index (χ1) is 13.5. The van der Waals surface area contributed by atoms with Gasteiger partial charge in [0, 0.05) is 15.3 Å². The van der Waals surface area contributed by atoms with Crippen LogP contribution >= 0.6 is 34.7 Å². The Bertz CT molecular complexity index is 1050. The number of nitrogens with zero attached hydrogens (tertiary/aromatic N) is 2. The number of ether oxygens (including phenoxy) is 1. The average molecular weight is 434 g/mol. The lowest BCUT2D eigenvalue weighted by Gasteiger charge is -2.12. The van der Waals surface area contributed by atoms with Crippen LogP contribution in [0.15, 0.2) is 23.2 Å². The van der Waals surface area contributed by atoms with E-state index in [9.17, 15) is 4.79 Å². The van der Waals surface area contributed by atoms with Crippen molar-refractivity contribution in [3.05, 3.63) is 39.5 Å². The van der Waals surface area contributed by atoms with E-state index in [0.29, 0.717) is 16.5 Å². The number of anilines is 1. The van der Waals surface area contributed by atoms with Crippen molar-refractivity contribution in [2.45, 2.75) is 37.6 Å². The number of hydrogen-bond acceptors (Lipinski definition) is 6. The summed E-state index contributed by atoms with van der Waals surface area (Å²) in [6.45, 7) is 1.90. The molecule has 8 heteroatoms. The maximum absolute atomic E-state index is 12.5. The predicted molar refractivity (Wildman–Crippen MR) is 116 cm³/mol. The molecule has 0 saturated carbocycles. The van der Waals surface area contributed by atoms with Crippen LogP contribution in [0.1, 0.15) is 29.1 Å². The lowest BCUT2D eigenvalue weighted by atomic mass is 9.97. The quantitative estimate of drug-likeness (QED) is 0.438. The van der Waals surface area contributed by atoms with Gasteiger partial charge in [-0.3, -0.25) is 4.79 Å². The summed E-state index contributed by atoms with van der Waals surface area (Å²) in [5.41, 5.74) is 1.95. The molecule has 0 spiro atoms. The Balaban J connectivity index is 1.55. The largest absolute Gasteiger partial charge is 0.495 e. The van der Waals surface area contributed by atoms with E-state index in [1.54, 1.807) is 36.6 Å². The van der Waals surface area contributed by atoms with Crippen molar-refractivity contribution >= 4 is 56.5 Å². The van der Waals surface area contributed by atoms with Gasteiger partial charge in [-0.15, -0.1) is 11.3 Å². The van der Waals surface area contributed by atoms with Gasteiger partial charge in [0.15, 0.2) is 0 Å². The Labute approximate surface area is 176 Å². The molecule has 0 saturated heterocycles. The molecule has 1 aliphatic rings. The highest BCUT2D eigenvalue weighted by Crippen LogP contribution is 2.39. The second-order valence-electron chi connectivity index (χ2n) is 6.65. The number of halogens is 1. The van der Waals surface area contributed by atoms with E-state index in [4.69, 9.17) is 16.3 Å². The highest BCUT2D eigenvalue weighted by molar-refractivity contribution is 8.00. The van der Waals surface area contributed by atoms with Gasteiger partial charge in [0.2, 0.25) is 5.91 Å². The van der Waals surface area contributed by atoms with Gasteiger partial charge in [0.25, 0.3) is 0 Å². The lowest BCUT2D eigenvalue weighted by Crippen LogP contribution is -2.15. The molecule has 5 nitrogen and oxygen atoms in total. The minimum absolute atomic E-state index is 0.126. The van der Waals surface area contributed by atoms with Gasteiger partial charge >= 0.3 is 0 Å². The predicted octanol–water partition coefficient (Wildman–Crippen LogP) is 5.27. The van der Waals surface area contributed by atoms with E-state index in [1.165, 1.54) is 35.0 Å². The maximum Gasteiger partial charge on any atom is 0.234 e. The molecule has 0 bridgehead atoms. The number of thiophene rings is 1. The second kappa shape index (κ2) is 8.27. The number of fused-ring (bicyclic) bond motifs is 3. The summed E-state index contributed by atoms with van der Waals surface area (Å²) in [5, 5.41) is 5.46. The molecule has 1 amide bonds. The molecule has 1 N–H and O–H groups in total. The number of thioether (sulfide) groups is 1.